The number of hydrogen-bond donors (Lipinski definition) is 0. The van der Waals surface area contributed by atoms with Crippen molar-refractivity contribution in [3.63, 3.8) is 0 Å². The van der Waals surface area contributed by atoms with Crippen LogP contribution in [0.15, 0.2) is 23.0 Å². The van der Waals surface area contributed by atoms with Crippen molar-refractivity contribution in [3.05, 3.63) is 24.2 Å². The standard InChI is InChI=1S/C28H36O8/c1-15(29)34-20-9-12-33-24(2,3)18-13-19(30)27(6)17(26(18,20)5)7-10-25(4)21(16-8-11-32-14-16)35-23(31)22-28(25,27)36-22/h8,11,14,17-18,20-22H,7,9-10,12-13H2,1-6H3/t17-,18+,20+,21+,22-,25+,26-,27+,28-/m1/s1. The van der Waals surface area contributed by atoms with Crippen LogP contribution in [0.25, 0.3) is 0 Å². The van der Waals surface area contributed by atoms with Gasteiger partial charge in [-0.3, -0.25) is 9.59 Å². The van der Waals surface area contributed by atoms with Crippen LogP contribution in [-0.2, 0) is 33.3 Å². The molecule has 9 atom stereocenters. The largest absolute Gasteiger partial charge is 0.472 e. The first-order chi connectivity index (χ1) is 16.8. The minimum absolute atomic E-state index is 0.0872. The molecule has 6 rings (SSSR count). The van der Waals surface area contributed by atoms with Gasteiger partial charge in [0.15, 0.2) is 6.10 Å². The predicted octanol–water partition coefficient (Wildman–Crippen LogP) is 4.16. The van der Waals surface area contributed by atoms with Crippen LogP contribution in [0.2, 0.25) is 0 Å². The highest BCUT2D eigenvalue weighted by atomic mass is 16.7. The van der Waals surface area contributed by atoms with E-state index in [9.17, 15) is 14.4 Å². The lowest BCUT2D eigenvalue weighted by molar-refractivity contribution is -0.234. The maximum atomic E-state index is 14.4. The molecule has 1 spiro atoms. The second kappa shape index (κ2) is 7.22. The molecule has 2 saturated carbocycles. The lowest BCUT2D eigenvalue weighted by Crippen LogP contribution is -2.72. The molecule has 3 saturated heterocycles. The van der Waals surface area contributed by atoms with Crippen LogP contribution in [0, 0.1) is 28.1 Å². The molecule has 0 N–H and O–H groups in total. The molecule has 1 aromatic rings. The number of esters is 2. The summed E-state index contributed by atoms with van der Waals surface area (Å²) >= 11 is 0. The fourth-order valence-corrected chi connectivity index (χ4v) is 9.32. The average molecular weight is 501 g/mol. The predicted molar refractivity (Wildman–Crippen MR) is 126 cm³/mol. The molecule has 0 bridgehead atoms. The van der Waals surface area contributed by atoms with Gasteiger partial charge in [0.2, 0.25) is 0 Å². The third-order valence-electron chi connectivity index (χ3n) is 10.9. The van der Waals surface area contributed by atoms with Crippen molar-refractivity contribution >= 4 is 17.7 Å². The number of carbonyl (C=O) groups is 3. The van der Waals surface area contributed by atoms with Crippen molar-refractivity contribution < 1.29 is 37.7 Å². The Hall–Kier alpha value is -2.19. The van der Waals surface area contributed by atoms with Crippen LogP contribution < -0.4 is 0 Å². The van der Waals surface area contributed by atoms with Crippen LogP contribution >= 0.6 is 0 Å². The van der Waals surface area contributed by atoms with E-state index in [1.54, 1.807) is 12.5 Å². The summed E-state index contributed by atoms with van der Waals surface area (Å²) < 4.78 is 30.0. The number of epoxide rings is 1. The van der Waals surface area contributed by atoms with E-state index in [-0.39, 0.29) is 30.0 Å². The summed E-state index contributed by atoms with van der Waals surface area (Å²) in [6.07, 6.45) is 3.65. The van der Waals surface area contributed by atoms with E-state index in [2.05, 4.69) is 13.8 Å². The molecular formula is C28H36O8. The van der Waals surface area contributed by atoms with Gasteiger partial charge in [0.05, 0.1) is 30.1 Å². The van der Waals surface area contributed by atoms with Crippen LogP contribution in [0.4, 0.5) is 0 Å². The zero-order valence-corrected chi connectivity index (χ0v) is 21.9. The number of ether oxygens (including phenoxy) is 4. The lowest BCUT2D eigenvalue weighted by Gasteiger charge is -2.66. The van der Waals surface area contributed by atoms with Crippen molar-refractivity contribution in [1.29, 1.82) is 0 Å². The van der Waals surface area contributed by atoms with Gasteiger partial charge in [-0.25, -0.2) is 4.79 Å². The highest BCUT2D eigenvalue weighted by Gasteiger charge is 2.88. The second-order valence-corrected chi connectivity index (χ2v) is 12.7. The highest BCUT2D eigenvalue weighted by molar-refractivity contribution is 5.93. The minimum Gasteiger partial charge on any atom is -0.472 e. The molecule has 3 aliphatic heterocycles. The number of hydrogen-bond acceptors (Lipinski definition) is 8. The Bertz CT molecular complexity index is 1120. The summed E-state index contributed by atoms with van der Waals surface area (Å²) in [7, 11) is 0. The molecule has 0 aromatic carbocycles. The topological polar surface area (TPSA) is 105 Å². The van der Waals surface area contributed by atoms with E-state index >= 15 is 0 Å². The van der Waals surface area contributed by atoms with Crippen LogP contribution in [0.3, 0.4) is 0 Å². The number of Topliss-reactive ketones (excluding diaryl/α,β-unsaturated/α-hetero) is 1. The number of carbonyl (C=O) groups excluding carboxylic acids is 3. The van der Waals surface area contributed by atoms with Gasteiger partial charge in [-0.15, -0.1) is 0 Å². The molecular weight excluding hydrogens is 464 g/mol. The van der Waals surface area contributed by atoms with Gasteiger partial charge in [-0.05, 0) is 45.6 Å². The van der Waals surface area contributed by atoms with E-state index in [0.29, 0.717) is 25.9 Å². The first-order valence-electron chi connectivity index (χ1n) is 13.1. The van der Waals surface area contributed by atoms with E-state index in [1.807, 2.05) is 26.8 Å². The molecule has 36 heavy (non-hydrogen) atoms. The number of furan rings is 1. The molecule has 196 valence electrons. The summed E-state index contributed by atoms with van der Waals surface area (Å²) in [6, 6.07) is 1.82. The Kier molecular flexibility index (Phi) is 4.85. The van der Waals surface area contributed by atoms with Crippen molar-refractivity contribution in [2.75, 3.05) is 6.61 Å². The molecule has 4 heterocycles. The molecule has 8 heteroatoms. The zero-order valence-electron chi connectivity index (χ0n) is 21.9. The third kappa shape index (κ3) is 2.65. The highest BCUT2D eigenvalue weighted by Crippen LogP contribution is 2.78. The van der Waals surface area contributed by atoms with Gasteiger partial charge in [0.25, 0.3) is 0 Å². The fraction of sp³-hybridized carbons (Fsp3) is 0.750. The minimum atomic E-state index is -0.997. The second-order valence-electron chi connectivity index (χ2n) is 12.7. The SMILES string of the molecule is CC(=O)O[C@H]1CCOC(C)(C)[C@@H]2CC(=O)[C@]3(C)[C@H](CC[C@@]4(C)[C@H](c5ccoc5)OC(=O)[C@H]5O[C@]543)[C@@]12C. The van der Waals surface area contributed by atoms with Crippen molar-refractivity contribution in [1.82, 2.24) is 0 Å². The summed E-state index contributed by atoms with van der Waals surface area (Å²) in [6.45, 7) is 12.2. The fourth-order valence-electron chi connectivity index (χ4n) is 9.32. The monoisotopic (exact) mass is 500 g/mol. The molecule has 0 unspecified atom stereocenters. The summed E-state index contributed by atoms with van der Waals surface area (Å²) in [4.78, 5) is 39.8. The first-order valence-corrected chi connectivity index (χ1v) is 13.1. The van der Waals surface area contributed by atoms with Gasteiger partial charge >= 0.3 is 11.9 Å². The summed E-state index contributed by atoms with van der Waals surface area (Å²) in [5.41, 5.74) is -2.93. The Labute approximate surface area is 211 Å². The number of fused-ring (bicyclic) bond motifs is 3. The summed E-state index contributed by atoms with van der Waals surface area (Å²) in [5.74, 6) is -0.999. The number of cyclic esters (lactones) is 1. The normalized spacial score (nSPS) is 48.9. The van der Waals surface area contributed by atoms with Crippen molar-refractivity contribution in [2.24, 2.45) is 28.1 Å². The molecule has 0 amide bonds. The molecule has 0 radical (unpaired) electrons. The zero-order chi connectivity index (χ0) is 25.9. The number of rotatable bonds is 2. The lowest BCUT2D eigenvalue weighted by atomic mass is 9.37. The average Bonchev–Trinajstić information content (AvgIpc) is 3.39. The molecule has 5 fully saturated rings. The van der Waals surface area contributed by atoms with Crippen molar-refractivity contribution in [3.8, 4) is 0 Å². The first kappa shape index (κ1) is 24.2. The Balaban J connectivity index is 1.52. The van der Waals surface area contributed by atoms with E-state index in [4.69, 9.17) is 23.4 Å². The van der Waals surface area contributed by atoms with Gasteiger partial charge in [0.1, 0.15) is 23.6 Å². The number of ketones is 1. The van der Waals surface area contributed by atoms with Crippen LogP contribution in [-0.4, -0.2) is 47.7 Å². The van der Waals surface area contributed by atoms with Gasteiger partial charge in [0, 0.05) is 42.1 Å². The smallest absolute Gasteiger partial charge is 0.339 e. The summed E-state index contributed by atoms with van der Waals surface area (Å²) in [5, 5.41) is 0. The molecule has 5 aliphatic rings. The quantitative estimate of drug-likeness (QED) is 0.440. The third-order valence-corrected chi connectivity index (χ3v) is 10.9. The maximum absolute atomic E-state index is 14.4. The van der Waals surface area contributed by atoms with E-state index in [1.165, 1.54) is 6.92 Å². The van der Waals surface area contributed by atoms with E-state index in [0.717, 1.165) is 5.56 Å². The Morgan fingerprint density at radius 2 is 1.81 bits per heavy atom. The maximum Gasteiger partial charge on any atom is 0.339 e. The Morgan fingerprint density at radius 3 is 2.47 bits per heavy atom. The molecule has 8 nitrogen and oxygen atoms in total. The van der Waals surface area contributed by atoms with E-state index < -0.39 is 51.7 Å². The van der Waals surface area contributed by atoms with Crippen LogP contribution in [0.5, 0.6) is 0 Å². The van der Waals surface area contributed by atoms with Gasteiger partial charge < -0.3 is 23.4 Å². The van der Waals surface area contributed by atoms with Crippen molar-refractivity contribution in [2.45, 2.75) is 96.7 Å². The molecule has 2 aliphatic carbocycles. The van der Waals surface area contributed by atoms with Gasteiger partial charge in [-0.1, -0.05) is 13.8 Å². The van der Waals surface area contributed by atoms with Gasteiger partial charge in [-0.2, -0.15) is 0 Å². The van der Waals surface area contributed by atoms with Crippen LogP contribution in [0.1, 0.15) is 78.9 Å². The Morgan fingerprint density at radius 1 is 1.06 bits per heavy atom. The molecule has 1 aromatic heterocycles.